The summed E-state index contributed by atoms with van der Waals surface area (Å²) in [6.07, 6.45) is 0. The molecule has 0 aliphatic heterocycles. The maximum absolute atomic E-state index is 10.7. The first-order chi connectivity index (χ1) is 6.65. The fraction of sp³-hybridized carbons (Fsp3) is 0.364. The van der Waals surface area contributed by atoms with Crippen LogP contribution >= 0.6 is 0 Å². The van der Waals surface area contributed by atoms with Gasteiger partial charge in [-0.15, -0.1) is 0 Å². The second kappa shape index (κ2) is 4.77. The lowest BCUT2D eigenvalue weighted by Gasteiger charge is -2.08. The van der Waals surface area contributed by atoms with Gasteiger partial charge in [0, 0.05) is 7.11 Å². The van der Waals surface area contributed by atoms with Crippen molar-refractivity contribution in [3.8, 4) is 0 Å². The molecule has 1 N–H and O–H groups in total. The largest absolute Gasteiger partial charge is 0.481 e. The second-order valence-corrected chi connectivity index (χ2v) is 3.24. The number of carboxylic acids is 1. The van der Waals surface area contributed by atoms with Gasteiger partial charge in [0.25, 0.3) is 0 Å². The summed E-state index contributed by atoms with van der Waals surface area (Å²) in [6.45, 7) is 2.19. The molecular formula is C11H14O3. The third-order valence-electron chi connectivity index (χ3n) is 2.13. The van der Waals surface area contributed by atoms with E-state index in [1.165, 1.54) is 0 Å². The fourth-order valence-corrected chi connectivity index (χ4v) is 1.26. The maximum atomic E-state index is 10.7. The molecule has 0 saturated heterocycles. The van der Waals surface area contributed by atoms with E-state index in [9.17, 15) is 4.79 Å². The van der Waals surface area contributed by atoms with Crippen LogP contribution in [0.1, 0.15) is 24.0 Å². The zero-order valence-electron chi connectivity index (χ0n) is 8.36. The number of carboxylic acid groups (broad SMARTS) is 1. The molecule has 1 rings (SSSR count). The standard InChI is InChI=1S/C11H14O3/c1-8(11(12)13)10-5-3-4-9(6-10)7-14-2/h3-6,8H,7H2,1-2H3,(H,12,13)/t8-/m0/s1. The van der Waals surface area contributed by atoms with E-state index in [0.717, 1.165) is 11.1 Å². The van der Waals surface area contributed by atoms with Crippen molar-refractivity contribution in [2.75, 3.05) is 7.11 Å². The zero-order valence-corrected chi connectivity index (χ0v) is 8.36. The molecule has 1 aromatic rings. The van der Waals surface area contributed by atoms with Crippen molar-refractivity contribution in [2.24, 2.45) is 0 Å². The minimum absolute atomic E-state index is 0.466. The third kappa shape index (κ3) is 2.57. The predicted molar refractivity (Wildman–Crippen MR) is 53.2 cm³/mol. The molecule has 0 amide bonds. The van der Waals surface area contributed by atoms with Gasteiger partial charge in [-0.05, 0) is 18.1 Å². The minimum atomic E-state index is -0.806. The molecule has 14 heavy (non-hydrogen) atoms. The predicted octanol–water partition coefficient (Wildman–Crippen LogP) is 2.02. The summed E-state index contributed by atoms with van der Waals surface area (Å²) in [7, 11) is 1.62. The highest BCUT2D eigenvalue weighted by molar-refractivity contribution is 5.75. The van der Waals surface area contributed by atoms with Crippen molar-refractivity contribution in [1.82, 2.24) is 0 Å². The molecule has 1 aromatic carbocycles. The molecule has 3 heteroatoms. The molecular weight excluding hydrogens is 180 g/mol. The number of hydrogen-bond acceptors (Lipinski definition) is 2. The van der Waals surface area contributed by atoms with Gasteiger partial charge in [0.15, 0.2) is 0 Å². The molecule has 0 heterocycles. The summed E-state index contributed by atoms with van der Waals surface area (Å²) < 4.78 is 4.98. The van der Waals surface area contributed by atoms with E-state index < -0.39 is 11.9 Å². The van der Waals surface area contributed by atoms with Crippen LogP contribution in [0.5, 0.6) is 0 Å². The summed E-state index contributed by atoms with van der Waals surface area (Å²) in [5, 5.41) is 8.82. The SMILES string of the molecule is COCc1cccc([C@H](C)C(=O)O)c1. The topological polar surface area (TPSA) is 46.5 Å². The van der Waals surface area contributed by atoms with Crippen LogP contribution < -0.4 is 0 Å². The van der Waals surface area contributed by atoms with Crippen molar-refractivity contribution in [3.63, 3.8) is 0 Å². The van der Waals surface area contributed by atoms with Gasteiger partial charge in [-0.2, -0.15) is 0 Å². The lowest BCUT2D eigenvalue weighted by atomic mass is 9.99. The van der Waals surface area contributed by atoms with Crippen LogP contribution in [0.3, 0.4) is 0 Å². The Morgan fingerprint density at radius 3 is 2.86 bits per heavy atom. The summed E-state index contributed by atoms with van der Waals surface area (Å²) in [5.41, 5.74) is 1.81. The molecule has 3 nitrogen and oxygen atoms in total. The summed E-state index contributed by atoms with van der Waals surface area (Å²) in [4.78, 5) is 10.7. The monoisotopic (exact) mass is 194 g/mol. The van der Waals surface area contributed by atoms with E-state index in [-0.39, 0.29) is 0 Å². The number of ether oxygens (including phenoxy) is 1. The molecule has 0 fully saturated rings. The van der Waals surface area contributed by atoms with Gasteiger partial charge in [-0.1, -0.05) is 24.3 Å². The lowest BCUT2D eigenvalue weighted by Crippen LogP contribution is -2.07. The Balaban J connectivity index is 2.87. The Morgan fingerprint density at radius 1 is 1.57 bits per heavy atom. The fourth-order valence-electron chi connectivity index (χ4n) is 1.26. The normalized spacial score (nSPS) is 12.4. The Kier molecular flexibility index (Phi) is 3.65. The van der Waals surface area contributed by atoms with Crippen molar-refractivity contribution >= 4 is 5.97 Å². The number of aliphatic carboxylic acids is 1. The molecule has 0 bridgehead atoms. The van der Waals surface area contributed by atoms with E-state index >= 15 is 0 Å². The van der Waals surface area contributed by atoms with E-state index in [4.69, 9.17) is 9.84 Å². The first kappa shape index (κ1) is 10.7. The van der Waals surface area contributed by atoms with Gasteiger partial charge in [0.05, 0.1) is 12.5 Å². The third-order valence-corrected chi connectivity index (χ3v) is 2.13. The number of benzene rings is 1. The summed E-state index contributed by atoms with van der Waals surface area (Å²) >= 11 is 0. The van der Waals surface area contributed by atoms with Crippen LogP contribution in [-0.2, 0) is 16.1 Å². The Hall–Kier alpha value is -1.35. The molecule has 76 valence electrons. The Labute approximate surface area is 83.3 Å². The van der Waals surface area contributed by atoms with Crippen LogP contribution in [0.2, 0.25) is 0 Å². The van der Waals surface area contributed by atoms with Gasteiger partial charge in [0.1, 0.15) is 0 Å². The number of rotatable bonds is 4. The van der Waals surface area contributed by atoms with Crippen molar-refractivity contribution in [2.45, 2.75) is 19.4 Å². The van der Waals surface area contributed by atoms with Gasteiger partial charge in [-0.3, -0.25) is 4.79 Å². The molecule has 0 spiro atoms. The zero-order chi connectivity index (χ0) is 10.6. The molecule has 1 atom stereocenters. The first-order valence-corrected chi connectivity index (χ1v) is 4.45. The van der Waals surface area contributed by atoms with Crippen LogP contribution in [0, 0.1) is 0 Å². The smallest absolute Gasteiger partial charge is 0.310 e. The highest BCUT2D eigenvalue weighted by Crippen LogP contribution is 2.17. The molecule has 0 unspecified atom stereocenters. The van der Waals surface area contributed by atoms with E-state index in [1.54, 1.807) is 14.0 Å². The summed E-state index contributed by atoms with van der Waals surface area (Å²) in [5.74, 6) is -1.27. The van der Waals surface area contributed by atoms with Gasteiger partial charge >= 0.3 is 5.97 Å². The number of hydrogen-bond donors (Lipinski definition) is 1. The van der Waals surface area contributed by atoms with Crippen LogP contribution in [0.4, 0.5) is 0 Å². The Bertz CT molecular complexity index is 320. The van der Waals surface area contributed by atoms with Crippen LogP contribution in [0.15, 0.2) is 24.3 Å². The van der Waals surface area contributed by atoms with Crippen molar-refractivity contribution in [1.29, 1.82) is 0 Å². The molecule has 0 aliphatic rings. The van der Waals surface area contributed by atoms with Crippen LogP contribution in [-0.4, -0.2) is 18.2 Å². The maximum Gasteiger partial charge on any atom is 0.310 e. The first-order valence-electron chi connectivity index (χ1n) is 4.45. The molecule has 0 aromatic heterocycles. The second-order valence-electron chi connectivity index (χ2n) is 3.24. The van der Waals surface area contributed by atoms with Crippen molar-refractivity contribution in [3.05, 3.63) is 35.4 Å². The van der Waals surface area contributed by atoms with E-state index in [1.807, 2.05) is 24.3 Å². The number of methoxy groups -OCH3 is 1. The highest BCUT2D eigenvalue weighted by atomic mass is 16.5. The highest BCUT2D eigenvalue weighted by Gasteiger charge is 2.13. The molecule has 0 radical (unpaired) electrons. The molecule has 0 aliphatic carbocycles. The van der Waals surface area contributed by atoms with Gasteiger partial charge in [-0.25, -0.2) is 0 Å². The number of carbonyl (C=O) groups is 1. The lowest BCUT2D eigenvalue weighted by molar-refractivity contribution is -0.138. The quantitative estimate of drug-likeness (QED) is 0.797. The summed E-state index contributed by atoms with van der Waals surface area (Å²) in [6, 6.07) is 7.45. The van der Waals surface area contributed by atoms with Crippen LogP contribution in [0.25, 0.3) is 0 Å². The average molecular weight is 194 g/mol. The average Bonchev–Trinajstić information content (AvgIpc) is 2.17. The van der Waals surface area contributed by atoms with E-state index in [2.05, 4.69) is 0 Å². The Morgan fingerprint density at radius 2 is 2.29 bits per heavy atom. The van der Waals surface area contributed by atoms with E-state index in [0.29, 0.717) is 6.61 Å². The van der Waals surface area contributed by atoms with Gasteiger partial charge in [0.2, 0.25) is 0 Å². The van der Waals surface area contributed by atoms with Crippen molar-refractivity contribution < 1.29 is 14.6 Å². The molecule has 0 saturated carbocycles. The minimum Gasteiger partial charge on any atom is -0.481 e. The van der Waals surface area contributed by atoms with Gasteiger partial charge < -0.3 is 9.84 Å².